The Balaban J connectivity index is 2.12. The van der Waals surface area contributed by atoms with Gasteiger partial charge in [-0.05, 0) is 29.2 Å². The van der Waals surface area contributed by atoms with Crippen molar-refractivity contribution in [1.29, 1.82) is 0 Å². The first-order valence-corrected chi connectivity index (χ1v) is 6.89. The van der Waals surface area contributed by atoms with Crippen molar-refractivity contribution in [3.05, 3.63) is 34.9 Å². The normalized spacial score (nSPS) is 16.3. The lowest BCUT2D eigenvalue weighted by atomic mass is 9.98. The SMILES string of the molecule is CCC(C)[C@H](NC(=O)c1ccc2c(c1)CNC2)C(=O)O. The van der Waals surface area contributed by atoms with Crippen molar-refractivity contribution >= 4 is 11.9 Å². The van der Waals surface area contributed by atoms with Gasteiger partial charge in [-0.3, -0.25) is 4.79 Å². The maximum Gasteiger partial charge on any atom is 0.326 e. The minimum absolute atomic E-state index is 0.104. The number of rotatable bonds is 5. The molecule has 20 heavy (non-hydrogen) atoms. The van der Waals surface area contributed by atoms with E-state index in [-0.39, 0.29) is 11.8 Å². The molecule has 0 fully saturated rings. The van der Waals surface area contributed by atoms with Gasteiger partial charge in [-0.25, -0.2) is 4.79 Å². The third-order valence-electron chi connectivity index (χ3n) is 3.86. The van der Waals surface area contributed by atoms with Crippen LogP contribution < -0.4 is 10.6 Å². The van der Waals surface area contributed by atoms with Crippen molar-refractivity contribution < 1.29 is 14.7 Å². The molecule has 1 heterocycles. The summed E-state index contributed by atoms with van der Waals surface area (Å²) < 4.78 is 0. The molecule has 0 spiro atoms. The number of benzene rings is 1. The smallest absolute Gasteiger partial charge is 0.326 e. The molecular formula is C15H20N2O3. The van der Waals surface area contributed by atoms with Gasteiger partial charge in [-0.1, -0.05) is 26.3 Å². The molecule has 2 atom stereocenters. The predicted molar refractivity (Wildman–Crippen MR) is 75.3 cm³/mol. The molecule has 1 aromatic carbocycles. The molecule has 108 valence electrons. The lowest BCUT2D eigenvalue weighted by molar-refractivity contribution is -0.140. The number of carboxylic acids is 1. The highest BCUT2D eigenvalue weighted by atomic mass is 16.4. The third-order valence-corrected chi connectivity index (χ3v) is 3.86. The summed E-state index contributed by atoms with van der Waals surface area (Å²) in [6.07, 6.45) is 0.700. The molecule has 0 radical (unpaired) electrons. The van der Waals surface area contributed by atoms with Crippen molar-refractivity contribution in [3.8, 4) is 0 Å². The van der Waals surface area contributed by atoms with Gasteiger partial charge in [0.2, 0.25) is 0 Å². The summed E-state index contributed by atoms with van der Waals surface area (Å²) in [5, 5.41) is 15.0. The Morgan fingerprint density at radius 2 is 2.05 bits per heavy atom. The molecule has 1 amide bonds. The fourth-order valence-corrected chi connectivity index (χ4v) is 2.34. The first-order valence-electron chi connectivity index (χ1n) is 6.89. The quantitative estimate of drug-likeness (QED) is 0.762. The second-order valence-electron chi connectivity index (χ2n) is 5.26. The topological polar surface area (TPSA) is 78.4 Å². The summed E-state index contributed by atoms with van der Waals surface area (Å²) in [6.45, 7) is 5.31. The van der Waals surface area contributed by atoms with Crippen LogP contribution in [-0.4, -0.2) is 23.0 Å². The number of carbonyl (C=O) groups excluding carboxylic acids is 1. The van der Waals surface area contributed by atoms with Crippen LogP contribution in [0.1, 0.15) is 41.8 Å². The van der Waals surface area contributed by atoms with E-state index in [4.69, 9.17) is 0 Å². The van der Waals surface area contributed by atoms with E-state index in [0.29, 0.717) is 12.0 Å². The highest BCUT2D eigenvalue weighted by molar-refractivity contribution is 5.96. The second kappa shape index (κ2) is 6.05. The van der Waals surface area contributed by atoms with E-state index in [1.165, 1.54) is 5.56 Å². The van der Waals surface area contributed by atoms with Crippen molar-refractivity contribution in [1.82, 2.24) is 10.6 Å². The van der Waals surface area contributed by atoms with Gasteiger partial charge in [0.1, 0.15) is 6.04 Å². The number of fused-ring (bicyclic) bond motifs is 1. The Labute approximate surface area is 118 Å². The zero-order valence-electron chi connectivity index (χ0n) is 11.8. The van der Waals surface area contributed by atoms with Gasteiger partial charge >= 0.3 is 5.97 Å². The number of hydrogen-bond acceptors (Lipinski definition) is 3. The first-order chi connectivity index (χ1) is 9.52. The summed E-state index contributed by atoms with van der Waals surface area (Å²) in [7, 11) is 0. The molecule has 1 aromatic rings. The van der Waals surface area contributed by atoms with E-state index in [1.54, 1.807) is 6.07 Å². The van der Waals surface area contributed by atoms with E-state index in [0.717, 1.165) is 18.7 Å². The molecule has 1 aliphatic heterocycles. The minimum atomic E-state index is -0.990. The molecule has 0 bridgehead atoms. The largest absolute Gasteiger partial charge is 0.480 e. The van der Waals surface area contributed by atoms with Gasteiger partial charge in [0.25, 0.3) is 5.91 Å². The van der Waals surface area contributed by atoms with Crippen LogP contribution in [0.5, 0.6) is 0 Å². The van der Waals surface area contributed by atoms with E-state index >= 15 is 0 Å². The molecule has 1 aliphatic rings. The van der Waals surface area contributed by atoms with Crippen LogP contribution in [0.2, 0.25) is 0 Å². The van der Waals surface area contributed by atoms with Crippen LogP contribution in [0.3, 0.4) is 0 Å². The Kier molecular flexibility index (Phi) is 4.39. The number of carbonyl (C=O) groups is 2. The fraction of sp³-hybridized carbons (Fsp3) is 0.467. The molecule has 0 saturated carbocycles. The van der Waals surface area contributed by atoms with Crippen LogP contribution in [-0.2, 0) is 17.9 Å². The summed E-state index contributed by atoms with van der Waals surface area (Å²) in [6, 6.07) is 4.65. The molecule has 2 rings (SSSR count). The van der Waals surface area contributed by atoms with Crippen LogP contribution in [0.15, 0.2) is 18.2 Å². The van der Waals surface area contributed by atoms with Gasteiger partial charge in [-0.2, -0.15) is 0 Å². The summed E-state index contributed by atoms with van der Waals surface area (Å²) in [5.41, 5.74) is 2.81. The highest BCUT2D eigenvalue weighted by Gasteiger charge is 2.26. The number of amides is 1. The van der Waals surface area contributed by atoms with Crippen LogP contribution >= 0.6 is 0 Å². The van der Waals surface area contributed by atoms with Gasteiger partial charge in [0.15, 0.2) is 0 Å². The zero-order chi connectivity index (χ0) is 14.7. The van der Waals surface area contributed by atoms with Crippen molar-refractivity contribution in [2.24, 2.45) is 5.92 Å². The predicted octanol–water partition coefficient (Wildman–Crippen LogP) is 1.52. The molecule has 5 heteroatoms. The average molecular weight is 276 g/mol. The molecule has 5 nitrogen and oxygen atoms in total. The third kappa shape index (κ3) is 2.99. The summed E-state index contributed by atoms with van der Waals surface area (Å²) in [5.74, 6) is -1.42. The van der Waals surface area contributed by atoms with E-state index in [1.807, 2.05) is 26.0 Å². The molecule has 1 unspecified atom stereocenters. The number of hydrogen-bond donors (Lipinski definition) is 3. The van der Waals surface area contributed by atoms with Crippen LogP contribution in [0.25, 0.3) is 0 Å². The average Bonchev–Trinajstić information content (AvgIpc) is 2.90. The van der Waals surface area contributed by atoms with Crippen LogP contribution in [0, 0.1) is 5.92 Å². The Bertz CT molecular complexity index is 528. The minimum Gasteiger partial charge on any atom is -0.480 e. The van der Waals surface area contributed by atoms with Gasteiger partial charge in [-0.15, -0.1) is 0 Å². The Morgan fingerprint density at radius 1 is 1.35 bits per heavy atom. The molecular weight excluding hydrogens is 256 g/mol. The molecule has 0 aromatic heterocycles. The van der Waals surface area contributed by atoms with Gasteiger partial charge in [0.05, 0.1) is 0 Å². The number of aliphatic carboxylic acids is 1. The lowest BCUT2D eigenvalue weighted by Gasteiger charge is -2.20. The second-order valence-corrected chi connectivity index (χ2v) is 5.26. The number of carboxylic acid groups (broad SMARTS) is 1. The molecule has 0 aliphatic carbocycles. The lowest BCUT2D eigenvalue weighted by Crippen LogP contribution is -2.45. The van der Waals surface area contributed by atoms with Gasteiger partial charge < -0.3 is 15.7 Å². The highest BCUT2D eigenvalue weighted by Crippen LogP contribution is 2.17. The first kappa shape index (κ1) is 14.5. The van der Waals surface area contributed by atoms with Crippen molar-refractivity contribution in [2.75, 3.05) is 0 Å². The van der Waals surface area contributed by atoms with E-state index < -0.39 is 12.0 Å². The molecule has 0 saturated heterocycles. The van der Waals surface area contributed by atoms with Crippen molar-refractivity contribution in [2.45, 2.75) is 39.4 Å². The standard InChI is InChI=1S/C15H20N2O3/c1-3-9(2)13(15(19)20)17-14(18)10-4-5-11-7-16-8-12(11)6-10/h4-6,9,13,16H,3,7-8H2,1-2H3,(H,17,18)(H,19,20)/t9?,13-/m0/s1. The van der Waals surface area contributed by atoms with Crippen LogP contribution in [0.4, 0.5) is 0 Å². The monoisotopic (exact) mass is 276 g/mol. The maximum absolute atomic E-state index is 12.2. The van der Waals surface area contributed by atoms with E-state index in [9.17, 15) is 14.7 Å². The zero-order valence-corrected chi connectivity index (χ0v) is 11.8. The summed E-state index contributed by atoms with van der Waals surface area (Å²) >= 11 is 0. The molecule has 3 N–H and O–H groups in total. The fourth-order valence-electron chi connectivity index (χ4n) is 2.34. The Morgan fingerprint density at radius 3 is 2.70 bits per heavy atom. The van der Waals surface area contributed by atoms with Crippen molar-refractivity contribution in [3.63, 3.8) is 0 Å². The maximum atomic E-state index is 12.2. The van der Waals surface area contributed by atoms with Gasteiger partial charge in [0, 0.05) is 18.7 Å². The van der Waals surface area contributed by atoms with E-state index in [2.05, 4.69) is 10.6 Å². The summed E-state index contributed by atoms with van der Waals surface area (Å²) in [4.78, 5) is 23.4. The Hall–Kier alpha value is -1.88. The number of nitrogens with one attached hydrogen (secondary N) is 2.